The first-order valence-electron chi connectivity index (χ1n) is 9.35. The minimum atomic E-state index is -0.470. The molecule has 0 spiro atoms. The molecule has 0 fully saturated rings. The molecule has 1 aromatic heterocycles. The highest BCUT2D eigenvalue weighted by Gasteiger charge is 2.30. The van der Waals surface area contributed by atoms with E-state index in [1.54, 1.807) is 21.0 Å². The van der Waals surface area contributed by atoms with Crippen LogP contribution in [0.2, 0.25) is 0 Å². The van der Waals surface area contributed by atoms with Crippen molar-refractivity contribution in [1.82, 2.24) is 25.5 Å². The van der Waals surface area contributed by atoms with Gasteiger partial charge in [-0.3, -0.25) is 0 Å². The molecule has 0 bridgehead atoms. The number of nitrogens with one attached hydrogen (secondary N) is 2. The summed E-state index contributed by atoms with van der Waals surface area (Å²) >= 11 is 1.27. The number of nitrogens with two attached hydrogens (primary N) is 1. The molecule has 0 unspecified atom stereocenters. The Morgan fingerprint density at radius 2 is 2.03 bits per heavy atom. The van der Waals surface area contributed by atoms with Gasteiger partial charge in [-0.05, 0) is 31.5 Å². The highest BCUT2D eigenvalue weighted by molar-refractivity contribution is 7.99. The summed E-state index contributed by atoms with van der Waals surface area (Å²) in [5.41, 5.74) is 1.86. The molecular formula is C19H24N6O4S. The van der Waals surface area contributed by atoms with Crippen molar-refractivity contribution in [2.24, 2.45) is 0 Å². The third-order valence-electron chi connectivity index (χ3n) is 4.47. The summed E-state index contributed by atoms with van der Waals surface area (Å²) in [6.07, 6.45) is 0.502. The number of nitrogen functional groups attached to an aromatic ring is 1. The van der Waals surface area contributed by atoms with E-state index in [1.165, 1.54) is 16.4 Å². The summed E-state index contributed by atoms with van der Waals surface area (Å²) in [4.78, 5) is 24.2. The maximum absolute atomic E-state index is 12.3. The lowest BCUT2D eigenvalue weighted by Crippen LogP contribution is -2.49. The molecular weight excluding hydrogens is 408 g/mol. The van der Waals surface area contributed by atoms with Gasteiger partial charge < -0.3 is 25.9 Å². The molecule has 1 aromatic carbocycles. The molecule has 160 valence electrons. The third kappa shape index (κ3) is 4.85. The predicted octanol–water partition coefficient (Wildman–Crippen LogP) is 1.20. The van der Waals surface area contributed by atoms with Gasteiger partial charge in [0.25, 0.3) is 0 Å². The van der Waals surface area contributed by atoms with E-state index in [4.69, 9.17) is 15.3 Å². The van der Waals surface area contributed by atoms with Crippen molar-refractivity contribution >= 4 is 23.8 Å². The number of rotatable bonds is 8. The standard InChI is InChI=1S/C19H24N6O4S/c1-4-29-17(26)16-11(2)21-18(27)22-14(16)10-30-19-24-23-15(25(19)20)9-12-5-7-13(28-3)8-6-12/h5-8,11H,4,9-10,20H2,1-3H3,(H2,21,22,27)/t11-/m0/s1. The van der Waals surface area contributed by atoms with E-state index in [2.05, 4.69) is 20.8 Å². The molecule has 11 heteroatoms. The number of hydrogen-bond donors (Lipinski definition) is 3. The number of carbonyl (C=O) groups is 2. The molecule has 10 nitrogen and oxygen atoms in total. The van der Waals surface area contributed by atoms with Crippen LogP contribution in [-0.2, 0) is 16.0 Å². The van der Waals surface area contributed by atoms with Gasteiger partial charge in [0.1, 0.15) is 5.75 Å². The summed E-state index contributed by atoms with van der Waals surface area (Å²) in [6, 6.07) is 6.76. The largest absolute Gasteiger partial charge is 0.497 e. The molecule has 2 heterocycles. The first-order chi connectivity index (χ1) is 14.4. The van der Waals surface area contributed by atoms with E-state index in [0.29, 0.717) is 28.7 Å². The van der Waals surface area contributed by atoms with Gasteiger partial charge in [0.2, 0.25) is 5.16 Å². The Kier molecular flexibility index (Phi) is 6.83. The first kappa shape index (κ1) is 21.5. The second-order valence-electron chi connectivity index (χ2n) is 6.52. The highest BCUT2D eigenvalue weighted by atomic mass is 32.2. The van der Waals surface area contributed by atoms with E-state index >= 15 is 0 Å². The van der Waals surface area contributed by atoms with Gasteiger partial charge in [0.15, 0.2) is 5.82 Å². The van der Waals surface area contributed by atoms with Crippen LogP contribution in [0.4, 0.5) is 4.79 Å². The van der Waals surface area contributed by atoms with Gasteiger partial charge in [0, 0.05) is 17.9 Å². The minimum Gasteiger partial charge on any atom is -0.497 e. The topological polar surface area (TPSA) is 133 Å². The normalized spacial score (nSPS) is 16.1. The van der Waals surface area contributed by atoms with Gasteiger partial charge >= 0.3 is 12.0 Å². The first-order valence-corrected chi connectivity index (χ1v) is 10.3. The van der Waals surface area contributed by atoms with Crippen molar-refractivity contribution in [3.63, 3.8) is 0 Å². The lowest BCUT2D eigenvalue weighted by Gasteiger charge is -2.26. The minimum absolute atomic E-state index is 0.245. The molecule has 0 saturated carbocycles. The monoisotopic (exact) mass is 432 g/mol. The van der Waals surface area contributed by atoms with Crippen molar-refractivity contribution in [3.05, 3.63) is 46.9 Å². The van der Waals surface area contributed by atoms with Gasteiger partial charge in [-0.15, -0.1) is 10.2 Å². The fourth-order valence-electron chi connectivity index (χ4n) is 2.98. The number of esters is 1. The van der Waals surface area contributed by atoms with E-state index in [9.17, 15) is 9.59 Å². The second-order valence-corrected chi connectivity index (χ2v) is 7.46. The van der Waals surface area contributed by atoms with Crippen LogP contribution >= 0.6 is 11.8 Å². The Balaban J connectivity index is 1.73. The van der Waals surface area contributed by atoms with E-state index < -0.39 is 12.0 Å². The van der Waals surface area contributed by atoms with Crippen LogP contribution in [0.25, 0.3) is 0 Å². The van der Waals surface area contributed by atoms with Crippen LogP contribution in [-0.4, -0.2) is 52.4 Å². The Morgan fingerprint density at radius 1 is 1.30 bits per heavy atom. The highest BCUT2D eigenvalue weighted by Crippen LogP contribution is 2.23. The van der Waals surface area contributed by atoms with Crippen molar-refractivity contribution in [3.8, 4) is 5.75 Å². The molecule has 2 aromatic rings. The Labute approximate surface area is 178 Å². The zero-order chi connectivity index (χ0) is 21.7. The molecule has 2 amide bonds. The van der Waals surface area contributed by atoms with Crippen molar-refractivity contribution in [2.75, 3.05) is 25.3 Å². The molecule has 0 saturated heterocycles. The SMILES string of the molecule is CCOC(=O)C1=C(CSc2nnc(Cc3ccc(OC)cc3)n2N)NC(=O)N[C@H]1C. The number of methoxy groups -OCH3 is 1. The zero-order valence-corrected chi connectivity index (χ0v) is 17.8. The van der Waals surface area contributed by atoms with Crippen LogP contribution in [0.3, 0.4) is 0 Å². The number of amides is 2. The number of carbonyl (C=O) groups excluding carboxylic acids is 2. The number of ether oxygens (including phenoxy) is 2. The van der Waals surface area contributed by atoms with Crippen LogP contribution in [0.5, 0.6) is 5.75 Å². The smallest absolute Gasteiger partial charge is 0.337 e. The summed E-state index contributed by atoms with van der Waals surface area (Å²) in [6.45, 7) is 3.71. The number of nitrogens with zero attached hydrogens (tertiary/aromatic N) is 3. The molecule has 30 heavy (non-hydrogen) atoms. The summed E-state index contributed by atoms with van der Waals surface area (Å²) in [5.74, 6) is 7.33. The second kappa shape index (κ2) is 9.53. The molecule has 3 rings (SSSR count). The third-order valence-corrected chi connectivity index (χ3v) is 5.44. The quantitative estimate of drug-likeness (QED) is 0.322. The molecule has 0 radical (unpaired) electrons. The number of thioether (sulfide) groups is 1. The molecule has 1 aliphatic rings. The van der Waals surface area contributed by atoms with Gasteiger partial charge in [-0.25, -0.2) is 14.3 Å². The fraction of sp³-hybridized carbons (Fsp3) is 0.368. The fourth-order valence-corrected chi connectivity index (χ4v) is 3.83. The van der Waals surface area contributed by atoms with Crippen LogP contribution in [0.15, 0.2) is 40.7 Å². The lowest BCUT2D eigenvalue weighted by atomic mass is 10.1. The number of urea groups is 1. The van der Waals surface area contributed by atoms with Crippen LogP contribution in [0.1, 0.15) is 25.2 Å². The van der Waals surface area contributed by atoms with E-state index in [-0.39, 0.29) is 18.4 Å². The summed E-state index contributed by atoms with van der Waals surface area (Å²) in [5, 5.41) is 14.1. The van der Waals surface area contributed by atoms with Crippen molar-refractivity contribution < 1.29 is 19.1 Å². The van der Waals surface area contributed by atoms with Crippen molar-refractivity contribution in [1.29, 1.82) is 0 Å². The summed E-state index contributed by atoms with van der Waals surface area (Å²) in [7, 11) is 1.61. The molecule has 1 aliphatic heterocycles. The molecule has 1 atom stereocenters. The maximum Gasteiger partial charge on any atom is 0.337 e. The number of benzene rings is 1. The number of aromatic nitrogens is 3. The van der Waals surface area contributed by atoms with Crippen LogP contribution in [0, 0.1) is 0 Å². The summed E-state index contributed by atoms with van der Waals surface area (Å²) < 4.78 is 11.7. The van der Waals surface area contributed by atoms with Gasteiger partial charge in [-0.2, -0.15) is 0 Å². The maximum atomic E-state index is 12.3. The van der Waals surface area contributed by atoms with Gasteiger partial charge in [0.05, 0.1) is 25.3 Å². The Morgan fingerprint density at radius 3 is 2.70 bits per heavy atom. The van der Waals surface area contributed by atoms with Gasteiger partial charge in [-0.1, -0.05) is 23.9 Å². The zero-order valence-electron chi connectivity index (χ0n) is 17.0. The Hall–Kier alpha value is -3.21. The average Bonchev–Trinajstić information content (AvgIpc) is 3.06. The average molecular weight is 433 g/mol. The molecule has 4 N–H and O–H groups in total. The van der Waals surface area contributed by atoms with E-state index in [0.717, 1.165) is 11.3 Å². The lowest BCUT2D eigenvalue weighted by molar-refractivity contribution is -0.138. The van der Waals surface area contributed by atoms with E-state index in [1.807, 2.05) is 24.3 Å². The number of hydrogen-bond acceptors (Lipinski definition) is 8. The predicted molar refractivity (Wildman–Crippen MR) is 111 cm³/mol. The Bertz CT molecular complexity index is 956. The molecule has 0 aliphatic carbocycles. The van der Waals surface area contributed by atoms with Crippen LogP contribution < -0.4 is 21.2 Å². The van der Waals surface area contributed by atoms with Crippen molar-refractivity contribution in [2.45, 2.75) is 31.5 Å².